The number of fused-ring (bicyclic) bond motifs is 5. The third-order valence-corrected chi connectivity index (χ3v) is 4.94. The van der Waals surface area contributed by atoms with E-state index < -0.39 is 17.6 Å². The summed E-state index contributed by atoms with van der Waals surface area (Å²) in [6, 6.07) is 10.3. The summed E-state index contributed by atoms with van der Waals surface area (Å²) in [4.78, 5) is 32.6. The molecule has 9 nitrogen and oxygen atoms in total. The highest BCUT2D eigenvalue weighted by molar-refractivity contribution is 6.19. The lowest BCUT2D eigenvalue weighted by Crippen LogP contribution is -2.42. The number of allylic oxidation sites excluding steroid dienone is 2. The molecule has 0 fully saturated rings. The van der Waals surface area contributed by atoms with E-state index in [1.54, 1.807) is 57.4 Å². The fourth-order valence-electron chi connectivity index (χ4n) is 3.43. The largest absolute Gasteiger partial charge is 0.497 e. The monoisotopic (exact) mass is 447 g/mol. The predicted molar refractivity (Wildman–Crippen MR) is 122 cm³/mol. The molecule has 0 N–H and O–H groups in total. The zero-order valence-electron chi connectivity index (χ0n) is 19.0. The average molecular weight is 447 g/mol. The van der Waals surface area contributed by atoms with Crippen molar-refractivity contribution in [1.29, 1.82) is 0 Å². The summed E-state index contributed by atoms with van der Waals surface area (Å²) in [5.74, 6) is 0.600. The van der Waals surface area contributed by atoms with E-state index in [-0.39, 0.29) is 5.82 Å². The third-order valence-electron chi connectivity index (χ3n) is 4.94. The van der Waals surface area contributed by atoms with Crippen LogP contribution in [0.2, 0.25) is 0 Å². The Labute approximate surface area is 191 Å². The Balaban J connectivity index is 1.92. The van der Waals surface area contributed by atoms with Crippen molar-refractivity contribution in [2.24, 2.45) is 0 Å². The molecule has 1 aliphatic rings. The molecule has 3 aromatic rings. The quantitative estimate of drug-likeness (QED) is 0.519. The highest BCUT2D eigenvalue weighted by Crippen LogP contribution is 2.26. The van der Waals surface area contributed by atoms with Crippen LogP contribution in [-0.4, -0.2) is 44.5 Å². The van der Waals surface area contributed by atoms with Gasteiger partial charge < -0.3 is 14.0 Å². The van der Waals surface area contributed by atoms with Crippen LogP contribution >= 0.6 is 0 Å². The molecule has 170 valence electrons. The first kappa shape index (κ1) is 22.2. The Kier molecular flexibility index (Phi) is 5.95. The van der Waals surface area contributed by atoms with E-state index in [0.717, 1.165) is 10.5 Å². The molecule has 2 aromatic heterocycles. The van der Waals surface area contributed by atoms with Gasteiger partial charge in [-0.3, -0.25) is 4.79 Å². The fraction of sp³-hybridized carbons (Fsp3) is 0.292. The number of ether oxygens (including phenoxy) is 2. The summed E-state index contributed by atoms with van der Waals surface area (Å²) >= 11 is 0. The summed E-state index contributed by atoms with van der Waals surface area (Å²) in [6.45, 7) is 5.75. The summed E-state index contributed by atoms with van der Waals surface area (Å²) in [7, 11) is 1.53. The Morgan fingerprint density at radius 2 is 1.94 bits per heavy atom. The molecule has 0 aliphatic carbocycles. The van der Waals surface area contributed by atoms with E-state index in [9.17, 15) is 9.59 Å². The second kappa shape index (κ2) is 8.85. The number of benzene rings is 1. The van der Waals surface area contributed by atoms with Crippen molar-refractivity contribution in [3.05, 3.63) is 66.0 Å². The van der Waals surface area contributed by atoms with Gasteiger partial charge in [0.1, 0.15) is 29.2 Å². The van der Waals surface area contributed by atoms with Gasteiger partial charge in [0.15, 0.2) is 5.82 Å². The minimum atomic E-state index is -0.821. The summed E-state index contributed by atoms with van der Waals surface area (Å²) in [5.41, 5.74) is 0.738. The van der Waals surface area contributed by atoms with Gasteiger partial charge in [-0.15, -0.1) is 10.2 Å². The SMILES string of the molecule is COc1ccc2c(c1)C(=O)N(C(=O)OC(C)(C)C)c1cccc(n1)-c1nncn1CC=CC2. The molecule has 2 bridgehead atoms. The van der Waals surface area contributed by atoms with Crippen molar-refractivity contribution in [2.45, 2.75) is 39.3 Å². The number of methoxy groups -OCH3 is 1. The second-order valence-electron chi connectivity index (χ2n) is 8.51. The zero-order valence-corrected chi connectivity index (χ0v) is 19.0. The number of pyridine rings is 1. The molecule has 0 saturated carbocycles. The van der Waals surface area contributed by atoms with Crippen molar-refractivity contribution < 1.29 is 19.1 Å². The fourth-order valence-corrected chi connectivity index (χ4v) is 3.43. The maximum atomic E-state index is 13.8. The van der Waals surface area contributed by atoms with E-state index in [2.05, 4.69) is 15.2 Å². The molecular weight excluding hydrogens is 422 g/mol. The topological polar surface area (TPSA) is 99.4 Å². The number of aromatic nitrogens is 4. The van der Waals surface area contributed by atoms with Crippen LogP contribution in [0.3, 0.4) is 0 Å². The Hall–Kier alpha value is -4.01. The van der Waals surface area contributed by atoms with Crippen LogP contribution in [0, 0.1) is 0 Å². The van der Waals surface area contributed by atoms with Crippen LogP contribution in [-0.2, 0) is 17.7 Å². The first-order chi connectivity index (χ1) is 15.8. The van der Waals surface area contributed by atoms with E-state index in [0.29, 0.717) is 35.8 Å². The highest BCUT2D eigenvalue weighted by atomic mass is 16.6. The number of imide groups is 1. The molecule has 1 aliphatic heterocycles. The molecule has 33 heavy (non-hydrogen) atoms. The third kappa shape index (κ3) is 4.77. The van der Waals surface area contributed by atoms with Crippen molar-refractivity contribution in [3.8, 4) is 17.3 Å². The van der Waals surface area contributed by atoms with Gasteiger partial charge in [-0.05, 0) is 57.0 Å². The van der Waals surface area contributed by atoms with Gasteiger partial charge in [-0.1, -0.05) is 24.3 Å². The average Bonchev–Trinajstić information content (AvgIpc) is 3.24. The predicted octanol–water partition coefficient (Wildman–Crippen LogP) is 4.04. The van der Waals surface area contributed by atoms with E-state index in [1.807, 2.05) is 22.8 Å². The van der Waals surface area contributed by atoms with Crippen LogP contribution in [0.25, 0.3) is 11.5 Å². The van der Waals surface area contributed by atoms with Crippen LogP contribution < -0.4 is 9.64 Å². The Bertz CT molecular complexity index is 1230. The number of rotatable bonds is 1. The number of carbonyl (C=O) groups excluding carboxylic acids is 2. The number of carbonyl (C=O) groups is 2. The molecule has 0 spiro atoms. The van der Waals surface area contributed by atoms with Gasteiger partial charge in [0.05, 0.1) is 7.11 Å². The van der Waals surface area contributed by atoms with Crippen molar-refractivity contribution >= 4 is 17.8 Å². The number of nitrogens with zero attached hydrogens (tertiary/aromatic N) is 5. The summed E-state index contributed by atoms with van der Waals surface area (Å²) in [6.07, 6.45) is 5.21. The van der Waals surface area contributed by atoms with Gasteiger partial charge >= 0.3 is 6.09 Å². The molecule has 2 amide bonds. The van der Waals surface area contributed by atoms with Crippen LogP contribution in [0.1, 0.15) is 36.7 Å². The molecule has 9 heteroatoms. The molecule has 0 saturated heterocycles. The standard InChI is InChI=1S/C24H25N5O4/c1-24(2,3)33-23(31)29-20-10-7-9-19(26-20)21-27-25-15-28(21)13-6-5-8-16-11-12-17(32-4)14-18(16)22(29)30/h5-7,9-12,14-15H,8,13H2,1-4H3. The minimum Gasteiger partial charge on any atom is -0.497 e. The van der Waals surface area contributed by atoms with E-state index in [4.69, 9.17) is 9.47 Å². The van der Waals surface area contributed by atoms with Crippen molar-refractivity contribution in [1.82, 2.24) is 19.7 Å². The Morgan fingerprint density at radius 1 is 1.12 bits per heavy atom. The summed E-state index contributed by atoms with van der Waals surface area (Å²) < 4.78 is 12.7. The molecule has 3 heterocycles. The summed E-state index contributed by atoms with van der Waals surface area (Å²) in [5, 5.41) is 8.17. The first-order valence-electron chi connectivity index (χ1n) is 10.5. The molecular formula is C24H25N5O4. The van der Waals surface area contributed by atoms with Gasteiger partial charge in [-0.2, -0.15) is 4.90 Å². The molecule has 4 rings (SSSR count). The number of amides is 2. The smallest absolute Gasteiger partial charge is 0.423 e. The van der Waals surface area contributed by atoms with Crippen LogP contribution in [0.4, 0.5) is 10.6 Å². The number of hydrogen-bond donors (Lipinski definition) is 0. The maximum absolute atomic E-state index is 13.8. The van der Waals surface area contributed by atoms with Gasteiger partial charge in [0.25, 0.3) is 5.91 Å². The molecule has 0 atom stereocenters. The van der Waals surface area contributed by atoms with Crippen LogP contribution in [0.15, 0.2) is 54.9 Å². The van der Waals surface area contributed by atoms with Crippen LogP contribution in [0.5, 0.6) is 5.75 Å². The lowest BCUT2D eigenvalue weighted by molar-refractivity contribution is 0.0563. The first-order valence-corrected chi connectivity index (χ1v) is 10.5. The maximum Gasteiger partial charge on any atom is 0.423 e. The lowest BCUT2D eigenvalue weighted by Gasteiger charge is -2.26. The lowest BCUT2D eigenvalue weighted by atomic mass is 10.0. The molecule has 0 radical (unpaired) electrons. The van der Waals surface area contributed by atoms with Crippen molar-refractivity contribution in [3.63, 3.8) is 0 Å². The van der Waals surface area contributed by atoms with Gasteiger partial charge in [-0.25, -0.2) is 9.78 Å². The van der Waals surface area contributed by atoms with Crippen molar-refractivity contribution in [2.75, 3.05) is 12.0 Å². The zero-order chi connectivity index (χ0) is 23.6. The minimum absolute atomic E-state index is 0.127. The van der Waals surface area contributed by atoms with Gasteiger partial charge in [0.2, 0.25) is 0 Å². The Morgan fingerprint density at radius 3 is 2.70 bits per heavy atom. The number of hydrogen-bond acceptors (Lipinski definition) is 7. The molecule has 0 unspecified atom stereocenters. The molecule has 1 aromatic carbocycles. The highest BCUT2D eigenvalue weighted by Gasteiger charge is 2.32. The normalized spacial score (nSPS) is 13.8. The van der Waals surface area contributed by atoms with E-state index >= 15 is 0 Å². The van der Waals surface area contributed by atoms with Gasteiger partial charge in [0, 0.05) is 12.1 Å². The van der Waals surface area contributed by atoms with E-state index in [1.165, 1.54) is 7.11 Å². The number of anilines is 1. The second-order valence-corrected chi connectivity index (χ2v) is 8.51.